The molecular formula is C11H14N4O2. The molecule has 17 heavy (non-hydrogen) atoms. The summed E-state index contributed by atoms with van der Waals surface area (Å²) in [4.78, 5) is 15.8. The standard InChI is InChI=1S/C11H14N4O2/c1-9-8-10(13-17-9)11(16)15-6-4-14(3-2-12)5-7-15/h8H,3-7H2,1H3. The molecule has 6 heteroatoms. The number of nitrogens with zero attached hydrogens (tertiary/aromatic N) is 4. The Morgan fingerprint density at radius 1 is 1.53 bits per heavy atom. The van der Waals surface area contributed by atoms with E-state index in [2.05, 4.69) is 11.2 Å². The Balaban J connectivity index is 1.93. The molecule has 0 saturated carbocycles. The molecule has 1 aliphatic heterocycles. The predicted octanol–water partition coefficient (Wildman–Crippen LogP) is 0.264. The van der Waals surface area contributed by atoms with Crippen molar-refractivity contribution in [3.05, 3.63) is 17.5 Å². The SMILES string of the molecule is Cc1cc(C(=O)N2CCN(CC#N)CC2)no1. The molecule has 0 aromatic carbocycles. The highest BCUT2D eigenvalue weighted by molar-refractivity contribution is 5.92. The maximum Gasteiger partial charge on any atom is 0.276 e. The minimum Gasteiger partial charge on any atom is -0.361 e. The average molecular weight is 234 g/mol. The summed E-state index contributed by atoms with van der Waals surface area (Å²) >= 11 is 0. The van der Waals surface area contributed by atoms with Crippen LogP contribution in [0.1, 0.15) is 16.2 Å². The molecule has 0 aliphatic carbocycles. The molecule has 90 valence electrons. The van der Waals surface area contributed by atoms with Gasteiger partial charge in [-0.2, -0.15) is 5.26 Å². The molecule has 1 fully saturated rings. The first-order chi connectivity index (χ1) is 8.20. The van der Waals surface area contributed by atoms with Gasteiger partial charge >= 0.3 is 0 Å². The zero-order chi connectivity index (χ0) is 12.3. The highest BCUT2D eigenvalue weighted by Crippen LogP contribution is 2.08. The fraction of sp³-hybridized carbons (Fsp3) is 0.545. The first-order valence-corrected chi connectivity index (χ1v) is 5.52. The normalized spacial score (nSPS) is 16.8. The number of carbonyl (C=O) groups excluding carboxylic acids is 1. The van der Waals surface area contributed by atoms with E-state index >= 15 is 0 Å². The van der Waals surface area contributed by atoms with E-state index in [0.29, 0.717) is 31.1 Å². The maximum absolute atomic E-state index is 12.0. The van der Waals surface area contributed by atoms with Gasteiger partial charge in [0.25, 0.3) is 5.91 Å². The Labute approximate surface area is 99.4 Å². The molecule has 2 rings (SSSR count). The van der Waals surface area contributed by atoms with Gasteiger partial charge < -0.3 is 9.42 Å². The van der Waals surface area contributed by atoms with E-state index in [4.69, 9.17) is 9.78 Å². The lowest BCUT2D eigenvalue weighted by Crippen LogP contribution is -2.48. The van der Waals surface area contributed by atoms with Crippen LogP contribution in [0.15, 0.2) is 10.6 Å². The predicted molar refractivity (Wildman–Crippen MR) is 59.2 cm³/mol. The lowest BCUT2D eigenvalue weighted by atomic mass is 10.2. The third-order valence-electron chi connectivity index (χ3n) is 2.80. The maximum atomic E-state index is 12.0. The second-order valence-electron chi connectivity index (χ2n) is 4.05. The van der Waals surface area contributed by atoms with Gasteiger partial charge in [-0.15, -0.1) is 0 Å². The summed E-state index contributed by atoms with van der Waals surface area (Å²) in [7, 11) is 0. The molecule has 0 bridgehead atoms. The third kappa shape index (κ3) is 2.63. The summed E-state index contributed by atoms with van der Waals surface area (Å²) < 4.78 is 4.89. The first kappa shape index (κ1) is 11.6. The van der Waals surface area contributed by atoms with Gasteiger partial charge in [0.15, 0.2) is 5.69 Å². The van der Waals surface area contributed by atoms with Crippen LogP contribution in [0.25, 0.3) is 0 Å². The average Bonchev–Trinajstić information content (AvgIpc) is 2.76. The van der Waals surface area contributed by atoms with Crippen molar-refractivity contribution in [1.82, 2.24) is 15.0 Å². The molecule has 0 atom stereocenters. The highest BCUT2D eigenvalue weighted by Gasteiger charge is 2.23. The molecule has 6 nitrogen and oxygen atoms in total. The fourth-order valence-corrected chi connectivity index (χ4v) is 1.84. The minimum atomic E-state index is -0.0987. The number of aromatic nitrogens is 1. The lowest BCUT2D eigenvalue weighted by Gasteiger charge is -2.32. The third-order valence-corrected chi connectivity index (χ3v) is 2.80. The molecule has 1 aromatic heterocycles. The first-order valence-electron chi connectivity index (χ1n) is 5.52. The van der Waals surface area contributed by atoms with Crippen LogP contribution in [0.2, 0.25) is 0 Å². The summed E-state index contributed by atoms with van der Waals surface area (Å²) in [6.45, 7) is 4.91. The summed E-state index contributed by atoms with van der Waals surface area (Å²) in [6.07, 6.45) is 0. The Hall–Kier alpha value is -1.87. The number of rotatable bonds is 2. The van der Waals surface area contributed by atoms with Crippen molar-refractivity contribution in [2.75, 3.05) is 32.7 Å². The van der Waals surface area contributed by atoms with Crippen LogP contribution >= 0.6 is 0 Å². The van der Waals surface area contributed by atoms with E-state index in [-0.39, 0.29) is 5.91 Å². The summed E-state index contributed by atoms with van der Waals surface area (Å²) in [5.74, 6) is 0.537. The van der Waals surface area contributed by atoms with Crippen molar-refractivity contribution in [1.29, 1.82) is 5.26 Å². The van der Waals surface area contributed by atoms with E-state index in [1.807, 2.05) is 4.90 Å². The van der Waals surface area contributed by atoms with Crippen molar-refractivity contribution in [2.24, 2.45) is 0 Å². The number of hydrogen-bond acceptors (Lipinski definition) is 5. The van der Waals surface area contributed by atoms with Crippen molar-refractivity contribution >= 4 is 5.91 Å². The highest BCUT2D eigenvalue weighted by atomic mass is 16.5. The number of carbonyl (C=O) groups is 1. The van der Waals surface area contributed by atoms with Crippen molar-refractivity contribution < 1.29 is 9.32 Å². The van der Waals surface area contributed by atoms with Gasteiger partial charge in [0.05, 0.1) is 12.6 Å². The Bertz CT molecular complexity index is 441. The van der Waals surface area contributed by atoms with E-state index in [0.717, 1.165) is 13.1 Å². The van der Waals surface area contributed by atoms with Crippen LogP contribution < -0.4 is 0 Å². The number of aryl methyl sites for hydroxylation is 1. The molecule has 1 saturated heterocycles. The zero-order valence-corrected chi connectivity index (χ0v) is 9.72. The van der Waals surface area contributed by atoms with Gasteiger partial charge in [-0.25, -0.2) is 0 Å². The van der Waals surface area contributed by atoms with Crippen LogP contribution in [-0.2, 0) is 0 Å². The van der Waals surface area contributed by atoms with Gasteiger partial charge in [-0.3, -0.25) is 9.69 Å². The molecule has 0 N–H and O–H groups in total. The molecule has 0 unspecified atom stereocenters. The van der Waals surface area contributed by atoms with Crippen LogP contribution in [0.3, 0.4) is 0 Å². The van der Waals surface area contributed by atoms with E-state index in [1.54, 1.807) is 17.9 Å². The number of piperazine rings is 1. The molecule has 0 radical (unpaired) electrons. The van der Waals surface area contributed by atoms with E-state index in [9.17, 15) is 4.79 Å². The second-order valence-corrected chi connectivity index (χ2v) is 4.05. The molecule has 2 heterocycles. The van der Waals surface area contributed by atoms with Crippen molar-refractivity contribution in [3.8, 4) is 6.07 Å². The van der Waals surface area contributed by atoms with Crippen molar-refractivity contribution in [3.63, 3.8) is 0 Å². The lowest BCUT2D eigenvalue weighted by molar-refractivity contribution is 0.0641. The van der Waals surface area contributed by atoms with Crippen LogP contribution in [-0.4, -0.2) is 53.6 Å². The molecule has 1 aliphatic rings. The molecule has 1 aromatic rings. The topological polar surface area (TPSA) is 73.4 Å². The summed E-state index contributed by atoms with van der Waals surface area (Å²) in [5, 5.41) is 12.3. The smallest absolute Gasteiger partial charge is 0.276 e. The number of nitriles is 1. The Morgan fingerprint density at radius 3 is 2.76 bits per heavy atom. The fourth-order valence-electron chi connectivity index (χ4n) is 1.84. The van der Waals surface area contributed by atoms with E-state index < -0.39 is 0 Å². The Kier molecular flexibility index (Phi) is 3.40. The molecule has 0 spiro atoms. The summed E-state index contributed by atoms with van der Waals surface area (Å²) in [5.41, 5.74) is 0.358. The number of amides is 1. The van der Waals surface area contributed by atoms with Gasteiger partial charge in [0, 0.05) is 32.2 Å². The minimum absolute atomic E-state index is 0.0987. The van der Waals surface area contributed by atoms with Gasteiger partial charge in [-0.1, -0.05) is 5.16 Å². The second kappa shape index (κ2) is 4.97. The van der Waals surface area contributed by atoms with Gasteiger partial charge in [0.2, 0.25) is 0 Å². The molecule has 1 amide bonds. The van der Waals surface area contributed by atoms with Gasteiger partial charge in [0.1, 0.15) is 5.76 Å². The van der Waals surface area contributed by atoms with Crippen LogP contribution in [0.5, 0.6) is 0 Å². The zero-order valence-electron chi connectivity index (χ0n) is 9.72. The number of hydrogen-bond donors (Lipinski definition) is 0. The van der Waals surface area contributed by atoms with E-state index in [1.165, 1.54) is 0 Å². The largest absolute Gasteiger partial charge is 0.361 e. The molecular weight excluding hydrogens is 220 g/mol. The Morgan fingerprint density at radius 2 is 2.24 bits per heavy atom. The van der Waals surface area contributed by atoms with Crippen LogP contribution in [0, 0.1) is 18.3 Å². The van der Waals surface area contributed by atoms with Crippen molar-refractivity contribution in [2.45, 2.75) is 6.92 Å². The van der Waals surface area contributed by atoms with Gasteiger partial charge in [-0.05, 0) is 6.92 Å². The monoisotopic (exact) mass is 234 g/mol. The van der Waals surface area contributed by atoms with Crippen LogP contribution in [0.4, 0.5) is 0 Å². The quantitative estimate of drug-likeness (QED) is 0.686. The summed E-state index contributed by atoms with van der Waals surface area (Å²) in [6, 6.07) is 3.75.